The van der Waals surface area contributed by atoms with Crippen LogP contribution < -0.4 is 0 Å². The minimum Gasteiger partial charge on any atom is -0.363 e. The van der Waals surface area contributed by atoms with E-state index in [9.17, 15) is 16.8 Å². The number of alkyl halides is 2. The summed E-state index contributed by atoms with van der Waals surface area (Å²) in [6.45, 7) is -0.00415. The molecule has 0 aromatic heterocycles. The molecule has 6 nitrogen and oxygen atoms in total. The van der Waals surface area contributed by atoms with Crippen LogP contribution in [0.2, 0.25) is 0 Å². The standard InChI is InChI=1S/C8H16Cl2O6S2/c9-1-5-17(11,12)7-15-3-4-16-8-18(13,14)6-2-10/h1-8H2. The average Bonchev–Trinajstić information content (AvgIpc) is 2.22. The number of hydrogen-bond acceptors (Lipinski definition) is 6. The van der Waals surface area contributed by atoms with Crippen LogP contribution in [-0.4, -0.2) is 65.2 Å². The van der Waals surface area contributed by atoms with E-state index in [2.05, 4.69) is 0 Å². The number of sulfone groups is 2. The molecule has 0 radical (unpaired) electrons. The topological polar surface area (TPSA) is 86.7 Å². The Morgan fingerprint density at radius 2 is 1.06 bits per heavy atom. The van der Waals surface area contributed by atoms with Gasteiger partial charge in [-0.3, -0.25) is 0 Å². The van der Waals surface area contributed by atoms with Gasteiger partial charge in [0.2, 0.25) is 0 Å². The predicted molar refractivity (Wildman–Crippen MR) is 70.7 cm³/mol. The highest BCUT2D eigenvalue weighted by atomic mass is 35.5. The fourth-order valence-electron chi connectivity index (χ4n) is 0.843. The maximum Gasteiger partial charge on any atom is 0.175 e. The Hall–Kier alpha value is 0.400. The third kappa shape index (κ3) is 10.3. The highest BCUT2D eigenvalue weighted by Crippen LogP contribution is 1.95. The van der Waals surface area contributed by atoms with Gasteiger partial charge < -0.3 is 9.47 Å². The Balaban J connectivity index is 3.64. The van der Waals surface area contributed by atoms with E-state index in [-0.39, 0.29) is 36.5 Å². The lowest BCUT2D eigenvalue weighted by atomic mass is 10.8. The smallest absolute Gasteiger partial charge is 0.175 e. The molecule has 0 aromatic rings. The summed E-state index contributed by atoms with van der Waals surface area (Å²) in [4.78, 5) is 0. The van der Waals surface area contributed by atoms with Crippen LogP contribution in [0.1, 0.15) is 0 Å². The molecule has 0 rings (SSSR count). The molecule has 0 aliphatic heterocycles. The van der Waals surface area contributed by atoms with Crippen molar-refractivity contribution in [2.45, 2.75) is 0 Å². The van der Waals surface area contributed by atoms with Gasteiger partial charge in [0, 0.05) is 11.8 Å². The molecule has 0 heterocycles. The van der Waals surface area contributed by atoms with E-state index < -0.39 is 31.6 Å². The lowest BCUT2D eigenvalue weighted by Gasteiger charge is -2.06. The van der Waals surface area contributed by atoms with Gasteiger partial charge in [-0.05, 0) is 0 Å². The van der Waals surface area contributed by atoms with E-state index in [4.69, 9.17) is 32.7 Å². The molecule has 0 saturated heterocycles. The van der Waals surface area contributed by atoms with Crippen molar-refractivity contribution in [2.24, 2.45) is 0 Å². The molecule has 18 heavy (non-hydrogen) atoms. The molecular weight excluding hydrogens is 327 g/mol. The van der Waals surface area contributed by atoms with E-state index in [0.717, 1.165) is 0 Å². The summed E-state index contributed by atoms with van der Waals surface area (Å²) in [5, 5.41) is 0. The molecule has 10 heteroatoms. The van der Waals surface area contributed by atoms with Crippen molar-refractivity contribution in [3.8, 4) is 0 Å². The summed E-state index contributed by atoms with van der Waals surface area (Å²) < 4.78 is 54.3. The zero-order valence-corrected chi connectivity index (χ0v) is 12.8. The van der Waals surface area contributed by atoms with E-state index in [0.29, 0.717) is 0 Å². The van der Waals surface area contributed by atoms with Crippen molar-refractivity contribution in [3.05, 3.63) is 0 Å². The predicted octanol–water partition coefficient (Wildman–Crippen LogP) is 0.242. The normalized spacial score (nSPS) is 12.8. The lowest BCUT2D eigenvalue weighted by molar-refractivity contribution is 0.0841. The fourth-order valence-corrected chi connectivity index (χ4v) is 3.70. The second kappa shape index (κ2) is 9.33. The van der Waals surface area contributed by atoms with Gasteiger partial charge in [-0.25, -0.2) is 16.8 Å². The number of hydrogen-bond donors (Lipinski definition) is 0. The van der Waals surface area contributed by atoms with Gasteiger partial charge in [0.15, 0.2) is 19.7 Å². The minimum absolute atomic E-state index is 0.00207. The maximum atomic E-state index is 11.1. The molecule has 0 saturated carbocycles. The molecule has 0 amide bonds. The van der Waals surface area contributed by atoms with E-state index >= 15 is 0 Å². The van der Waals surface area contributed by atoms with E-state index in [1.54, 1.807) is 0 Å². The second-order valence-corrected chi connectivity index (χ2v) is 8.34. The maximum absolute atomic E-state index is 11.1. The molecule has 0 N–H and O–H groups in total. The van der Waals surface area contributed by atoms with E-state index in [1.165, 1.54) is 0 Å². The molecule has 0 atom stereocenters. The van der Waals surface area contributed by atoms with Crippen molar-refractivity contribution < 1.29 is 26.3 Å². The van der Waals surface area contributed by atoms with Crippen LogP contribution in [0.15, 0.2) is 0 Å². The van der Waals surface area contributed by atoms with Gasteiger partial charge in [-0.1, -0.05) is 0 Å². The Bertz CT molecular complexity index is 365. The Kier molecular flexibility index (Phi) is 9.53. The summed E-state index contributed by atoms with van der Waals surface area (Å²) in [7, 11) is -6.60. The Morgan fingerprint density at radius 3 is 1.33 bits per heavy atom. The first-order valence-corrected chi connectivity index (χ1v) is 9.72. The van der Waals surface area contributed by atoms with Crippen molar-refractivity contribution in [1.82, 2.24) is 0 Å². The summed E-state index contributed by atoms with van der Waals surface area (Å²) in [6.07, 6.45) is 0. The van der Waals surface area contributed by atoms with Crippen LogP contribution >= 0.6 is 23.2 Å². The van der Waals surface area contributed by atoms with Gasteiger partial charge in [-0.2, -0.15) is 0 Å². The van der Waals surface area contributed by atoms with Gasteiger partial charge in [-0.15, -0.1) is 23.2 Å². The number of rotatable bonds is 11. The summed E-state index contributed by atoms with van der Waals surface area (Å²) in [5.41, 5.74) is 0. The van der Waals surface area contributed by atoms with Gasteiger partial charge in [0.25, 0.3) is 0 Å². The van der Waals surface area contributed by atoms with Crippen LogP contribution in [0.25, 0.3) is 0 Å². The van der Waals surface area contributed by atoms with Crippen LogP contribution in [0.4, 0.5) is 0 Å². The SMILES string of the molecule is O=S(=O)(CCCl)COCCOCS(=O)(=O)CCCl. The molecule has 0 bridgehead atoms. The first-order valence-electron chi connectivity index (χ1n) is 5.01. The Morgan fingerprint density at radius 1 is 0.722 bits per heavy atom. The highest BCUT2D eigenvalue weighted by molar-refractivity contribution is 7.91. The van der Waals surface area contributed by atoms with E-state index in [1.807, 2.05) is 0 Å². The third-order valence-corrected chi connectivity index (χ3v) is 5.20. The molecule has 0 aromatic carbocycles. The van der Waals surface area contributed by atoms with Crippen molar-refractivity contribution in [3.63, 3.8) is 0 Å². The lowest BCUT2D eigenvalue weighted by Crippen LogP contribution is -2.19. The molecule has 0 fully saturated rings. The van der Waals surface area contributed by atoms with Crippen LogP contribution in [-0.2, 0) is 29.1 Å². The van der Waals surface area contributed by atoms with Gasteiger partial charge in [0.05, 0.1) is 24.7 Å². The molecule has 0 unspecified atom stereocenters. The highest BCUT2D eigenvalue weighted by Gasteiger charge is 2.11. The fraction of sp³-hybridized carbons (Fsp3) is 1.00. The monoisotopic (exact) mass is 342 g/mol. The van der Waals surface area contributed by atoms with Crippen LogP contribution in [0.3, 0.4) is 0 Å². The zero-order chi connectivity index (χ0) is 14.1. The first kappa shape index (κ1) is 18.4. The molecule has 110 valence electrons. The average molecular weight is 343 g/mol. The largest absolute Gasteiger partial charge is 0.363 e. The molecular formula is C8H16Cl2O6S2. The van der Waals surface area contributed by atoms with Crippen LogP contribution in [0.5, 0.6) is 0 Å². The minimum atomic E-state index is -3.30. The first-order chi connectivity index (χ1) is 8.33. The zero-order valence-electron chi connectivity index (χ0n) is 9.68. The van der Waals surface area contributed by atoms with Gasteiger partial charge >= 0.3 is 0 Å². The van der Waals surface area contributed by atoms with Crippen molar-refractivity contribution in [2.75, 3.05) is 48.4 Å². The summed E-state index contributed by atoms with van der Waals surface area (Å²) in [6, 6.07) is 0. The quantitative estimate of drug-likeness (QED) is 0.395. The second-order valence-electron chi connectivity index (χ2n) is 3.33. The Labute approximate surface area is 117 Å². The van der Waals surface area contributed by atoms with Crippen molar-refractivity contribution >= 4 is 42.9 Å². The number of ether oxygens (including phenoxy) is 2. The van der Waals surface area contributed by atoms with Gasteiger partial charge in [0.1, 0.15) is 11.9 Å². The molecule has 0 spiro atoms. The number of halogens is 2. The van der Waals surface area contributed by atoms with Crippen molar-refractivity contribution in [1.29, 1.82) is 0 Å². The summed E-state index contributed by atoms with van der Waals surface area (Å²) in [5.74, 6) is -1.17. The summed E-state index contributed by atoms with van der Waals surface area (Å²) >= 11 is 10.6. The molecule has 0 aliphatic rings. The molecule has 0 aliphatic carbocycles. The van der Waals surface area contributed by atoms with Crippen LogP contribution in [0, 0.1) is 0 Å². The third-order valence-electron chi connectivity index (χ3n) is 1.67.